The Balaban J connectivity index is 1.08. The molecule has 14 heteroatoms. The maximum absolute atomic E-state index is 12.7. The number of fused-ring (bicyclic) bond motifs is 1. The molecule has 4 aromatic carbocycles. The van der Waals surface area contributed by atoms with Gasteiger partial charge in [-0.2, -0.15) is 0 Å². The summed E-state index contributed by atoms with van der Waals surface area (Å²) in [5.41, 5.74) is 7.10. The fraction of sp³-hybridized carbons (Fsp3) is 0.257. The average Bonchev–Trinajstić information content (AvgIpc) is 3.63. The molecule has 2 aliphatic rings. The van der Waals surface area contributed by atoms with Crippen molar-refractivity contribution < 1.29 is 42.9 Å². The summed E-state index contributed by atoms with van der Waals surface area (Å²) in [6.45, 7) is -0.0238. The SMILES string of the molecule is COc1cc(C2NC(=O)c3cc(Cl)ccc3N2)ccc1OCNOc1cc(C2CC(c3cc(OC)c(OC)c(OC)c3)=NO2)ccc1OC. The highest BCUT2D eigenvalue weighted by molar-refractivity contribution is 6.31. The number of methoxy groups -OCH3 is 5. The number of hydrogen-bond acceptors (Lipinski definition) is 12. The molecule has 13 nitrogen and oxygen atoms in total. The minimum Gasteiger partial charge on any atom is -0.493 e. The highest BCUT2D eigenvalue weighted by Gasteiger charge is 2.28. The largest absolute Gasteiger partial charge is 0.493 e. The molecule has 0 aliphatic carbocycles. The Morgan fingerprint density at radius 1 is 0.776 bits per heavy atom. The first-order valence-corrected chi connectivity index (χ1v) is 15.5. The fourth-order valence-electron chi connectivity index (χ4n) is 5.54. The van der Waals surface area contributed by atoms with Crippen LogP contribution in [0.5, 0.6) is 40.2 Å². The summed E-state index contributed by atoms with van der Waals surface area (Å²) < 4.78 is 33.4. The Morgan fingerprint density at radius 3 is 2.18 bits per heavy atom. The number of amides is 1. The van der Waals surface area contributed by atoms with Crippen LogP contribution in [0.25, 0.3) is 0 Å². The lowest BCUT2D eigenvalue weighted by Gasteiger charge is -2.28. The van der Waals surface area contributed by atoms with Crippen molar-refractivity contribution in [2.24, 2.45) is 5.16 Å². The van der Waals surface area contributed by atoms with Crippen LogP contribution >= 0.6 is 11.6 Å². The summed E-state index contributed by atoms with van der Waals surface area (Å²) >= 11 is 6.06. The third-order valence-electron chi connectivity index (χ3n) is 8.02. The third-order valence-corrected chi connectivity index (χ3v) is 8.25. The zero-order valence-corrected chi connectivity index (χ0v) is 28.2. The van der Waals surface area contributed by atoms with Crippen LogP contribution in [0.15, 0.2) is 71.9 Å². The van der Waals surface area contributed by atoms with E-state index in [1.54, 1.807) is 64.8 Å². The van der Waals surface area contributed by atoms with Crippen molar-refractivity contribution in [1.82, 2.24) is 10.8 Å². The number of anilines is 1. The minimum absolute atomic E-state index is 0.0238. The van der Waals surface area contributed by atoms with Gasteiger partial charge in [0.15, 0.2) is 47.3 Å². The van der Waals surface area contributed by atoms with E-state index in [2.05, 4.69) is 21.3 Å². The maximum atomic E-state index is 12.7. The molecular weight excluding hydrogens is 656 g/mol. The lowest BCUT2D eigenvalue weighted by atomic mass is 9.99. The van der Waals surface area contributed by atoms with Crippen LogP contribution in [-0.4, -0.2) is 53.9 Å². The number of hydroxylamine groups is 1. The van der Waals surface area contributed by atoms with Gasteiger partial charge < -0.3 is 48.7 Å². The second-order valence-corrected chi connectivity index (χ2v) is 11.3. The van der Waals surface area contributed by atoms with Gasteiger partial charge in [-0.1, -0.05) is 28.9 Å². The first-order chi connectivity index (χ1) is 23.8. The number of carbonyl (C=O) groups excluding carboxylic acids is 1. The molecule has 0 fully saturated rings. The van der Waals surface area contributed by atoms with E-state index in [0.29, 0.717) is 62.9 Å². The molecule has 2 atom stereocenters. The van der Waals surface area contributed by atoms with Gasteiger partial charge in [0.25, 0.3) is 5.91 Å². The molecule has 2 aliphatic heterocycles. The highest BCUT2D eigenvalue weighted by Crippen LogP contribution is 2.41. The van der Waals surface area contributed by atoms with Crippen molar-refractivity contribution in [3.05, 3.63) is 94.0 Å². The number of carbonyl (C=O) groups is 1. The highest BCUT2D eigenvalue weighted by atomic mass is 35.5. The van der Waals surface area contributed by atoms with Gasteiger partial charge in [0.1, 0.15) is 6.17 Å². The Kier molecular flexibility index (Phi) is 10.0. The van der Waals surface area contributed by atoms with Crippen molar-refractivity contribution >= 4 is 28.9 Å². The zero-order chi connectivity index (χ0) is 34.5. The van der Waals surface area contributed by atoms with Gasteiger partial charge >= 0.3 is 0 Å². The average molecular weight is 691 g/mol. The molecule has 2 heterocycles. The molecule has 4 aromatic rings. The lowest BCUT2D eigenvalue weighted by Crippen LogP contribution is -2.38. The molecule has 0 bridgehead atoms. The van der Waals surface area contributed by atoms with E-state index >= 15 is 0 Å². The van der Waals surface area contributed by atoms with Crippen LogP contribution < -0.4 is 49.4 Å². The van der Waals surface area contributed by atoms with Gasteiger partial charge in [-0.3, -0.25) is 4.79 Å². The maximum Gasteiger partial charge on any atom is 0.255 e. The lowest BCUT2D eigenvalue weighted by molar-refractivity contribution is 0.0841. The summed E-state index contributed by atoms with van der Waals surface area (Å²) in [5, 5.41) is 11.1. The van der Waals surface area contributed by atoms with E-state index in [9.17, 15) is 4.79 Å². The molecular formula is C35H35ClN4O9. The van der Waals surface area contributed by atoms with Crippen LogP contribution in [0.2, 0.25) is 5.02 Å². The predicted molar refractivity (Wildman–Crippen MR) is 182 cm³/mol. The quantitative estimate of drug-likeness (QED) is 0.0862. The molecule has 0 spiro atoms. The monoisotopic (exact) mass is 690 g/mol. The molecule has 256 valence electrons. The molecule has 0 saturated heterocycles. The minimum atomic E-state index is -0.475. The van der Waals surface area contributed by atoms with E-state index in [0.717, 1.165) is 22.4 Å². The number of oxime groups is 1. The summed E-state index contributed by atoms with van der Waals surface area (Å²) in [7, 11) is 7.78. The van der Waals surface area contributed by atoms with Gasteiger partial charge in [0.2, 0.25) is 5.75 Å². The number of rotatable bonds is 13. The van der Waals surface area contributed by atoms with Gasteiger partial charge in [-0.15, -0.1) is 5.48 Å². The van der Waals surface area contributed by atoms with E-state index in [1.165, 1.54) is 7.11 Å². The van der Waals surface area contributed by atoms with Gasteiger partial charge in [-0.05, 0) is 65.7 Å². The van der Waals surface area contributed by atoms with Crippen molar-refractivity contribution in [2.75, 3.05) is 47.6 Å². The molecule has 3 N–H and O–H groups in total. The normalized spacial score (nSPS) is 16.3. The molecule has 0 aromatic heterocycles. The van der Waals surface area contributed by atoms with E-state index in [4.69, 9.17) is 49.7 Å². The van der Waals surface area contributed by atoms with Crippen LogP contribution in [0, 0.1) is 0 Å². The predicted octanol–water partition coefficient (Wildman–Crippen LogP) is 6.02. The van der Waals surface area contributed by atoms with Crippen LogP contribution in [-0.2, 0) is 4.84 Å². The van der Waals surface area contributed by atoms with Gasteiger partial charge in [0.05, 0.1) is 46.8 Å². The number of ether oxygens (including phenoxy) is 6. The summed E-state index contributed by atoms with van der Waals surface area (Å²) in [6.07, 6.45) is -0.342. The molecule has 2 unspecified atom stereocenters. The number of nitrogens with one attached hydrogen (secondary N) is 3. The van der Waals surface area contributed by atoms with Gasteiger partial charge in [-0.25, -0.2) is 0 Å². The van der Waals surface area contributed by atoms with Crippen LogP contribution in [0.3, 0.4) is 0 Å². The number of nitrogens with zero attached hydrogens (tertiary/aromatic N) is 1. The summed E-state index contributed by atoms with van der Waals surface area (Å²) in [6, 6.07) is 19.7. The van der Waals surface area contributed by atoms with Crippen molar-refractivity contribution in [3.63, 3.8) is 0 Å². The van der Waals surface area contributed by atoms with E-state index in [-0.39, 0.29) is 18.7 Å². The second-order valence-electron chi connectivity index (χ2n) is 10.8. The van der Waals surface area contributed by atoms with Crippen molar-refractivity contribution in [2.45, 2.75) is 18.7 Å². The topological polar surface area (TPSA) is 139 Å². The van der Waals surface area contributed by atoms with Crippen LogP contribution in [0.1, 0.15) is 45.7 Å². The summed E-state index contributed by atoms with van der Waals surface area (Å²) in [4.78, 5) is 24.4. The standard InChI is InChI=1S/C35H35ClN4O9/c1-42-26-10-6-19(28-17-25(40-49-28)21-14-31(44-3)33(46-5)32(15-21)45-4)12-30(26)48-37-18-47-27-11-7-20(13-29(27)43-2)34-38-24-9-8-22(36)16-23(24)35(41)39-34/h6-16,28,34,37-38H,17-18H2,1-5H3,(H,39,41). The Bertz CT molecular complexity index is 1860. The number of hydrogen-bond donors (Lipinski definition) is 3. The Morgan fingerprint density at radius 2 is 1.47 bits per heavy atom. The zero-order valence-electron chi connectivity index (χ0n) is 27.4. The number of halogens is 1. The fourth-order valence-corrected chi connectivity index (χ4v) is 5.71. The molecule has 0 saturated carbocycles. The Hall–Kier alpha value is -5.53. The van der Waals surface area contributed by atoms with Gasteiger partial charge in [0, 0.05) is 22.7 Å². The number of benzene rings is 4. The summed E-state index contributed by atoms with van der Waals surface area (Å²) in [5.74, 6) is 3.19. The van der Waals surface area contributed by atoms with Crippen molar-refractivity contribution in [1.29, 1.82) is 0 Å². The first kappa shape index (κ1) is 33.4. The molecule has 6 rings (SSSR count). The van der Waals surface area contributed by atoms with Crippen molar-refractivity contribution in [3.8, 4) is 40.2 Å². The molecule has 49 heavy (non-hydrogen) atoms. The van der Waals surface area contributed by atoms with E-state index < -0.39 is 6.17 Å². The molecule has 1 amide bonds. The molecule has 0 radical (unpaired) electrons. The third kappa shape index (κ3) is 7.03. The Labute approximate surface area is 287 Å². The first-order valence-electron chi connectivity index (χ1n) is 15.1. The second kappa shape index (κ2) is 14.7. The van der Waals surface area contributed by atoms with E-state index in [1.807, 2.05) is 30.3 Å². The van der Waals surface area contributed by atoms with Crippen LogP contribution in [0.4, 0.5) is 5.69 Å². The smallest absolute Gasteiger partial charge is 0.255 e.